The lowest BCUT2D eigenvalue weighted by molar-refractivity contribution is -0.131. The van der Waals surface area contributed by atoms with E-state index >= 15 is 0 Å². The summed E-state index contributed by atoms with van der Waals surface area (Å²) in [6.45, 7) is 7.01. The number of hydrogen-bond acceptors (Lipinski definition) is 8. The molecule has 2 rings (SSSR count). The Kier molecular flexibility index (Phi) is 10.4. The van der Waals surface area contributed by atoms with Gasteiger partial charge in [-0.2, -0.15) is 0 Å². The Morgan fingerprint density at radius 3 is 2.47 bits per heavy atom. The second-order valence-electron chi connectivity index (χ2n) is 9.69. The number of hydrogen-bond donors (Lipinski definition) is 3. The molecule has 8 heteroatoms. The molecule has 0 spiro atoms. The Bertz CT molecular complexity index is 922. The summed E-state index contributed by atoms with van der Waals surface area (Å²) in [6.07, 6.45) is 1.11. The Balaban J connectivity index is 2.32. The van der Waals surface area contributed by atoms with E-state index in [9.17, 15) is 29.7 Å². The highest BCUT2D eigenvalue weighted by Crippen LogP contribution is 2.38. The van der Waals surface area contributed by atoms with Crippen LogP contribution in [0, 0.1) is 23.7 Å². The fourth-order valence-electron chi connectivity index (χ4n) is 4.69. The fourth-order valence-corrected chi connectivity index (χ4v) is 4.69. The van der Waals surface area contributed by atoms with Gasteiger partial charge in [0.15, 0.2) is 5.78 Å². The van der Waals surface area contributed by atoms with Gasteiger partial charge in [-0.1, -0.05) is 19.0 Å². The summed E-state index contributed by atoms with van der Waals surface area (Å²) in [5.74, 6) is -1.88. The summed E-state index contributed by atoms with van der Waals surface area (Å²) in [5, 5.41) is 34.0. The summed E-state index contributed by atoms with van der Waals surface area (Å²) in [4.78, 5) is 42.4. The number of carbonyl (C=O) groups excluding carboxylic acids is 3. The molecule has 0 heterocycles. The third kappa shape index (κ3) is 7.21. The normalized spacial score (nSPS) is 17.9. The zero-order valence-corrected chi connectivity index (χ0v) is 20.5. The van der Waals surface area contributed by atoms with Crippen LogP contribution in [0.15, 0.2) is 17.3 Å². The lowest BCUT2D eigenvalue weighted by atomic mass is 9.72. The van der Waals surface area contributed by atoms with E-state index in [4.69, 9.17) is 4.84 Å². The molecule has 0 fully saturated rings. The Morgan fingerprint density at radius 2 is 1.88 bits per heavy atom. The molecular weight excluding hydrogens is 438 g/mol. The molecule has 1 aliphatic carbocycles. The van der Waals surface area contributed by atoms with Crippen LogP contribution < -0.4 is 0 Å². The van der Waals surface area contributed by atoms with Crippen LogP contribution in [0.1, 0.15) is 74.9 Å². The maximum absolute atomic E-state index is 13.0. The standard InChI is InChI=1S/C26H37NO7/c1-15(2)14-34-27-17(4)20-5-6-23(31)26-21(20)11-18(12-25(26)33)10-19(7-8-28)22(13-29)24(32)9-16(3)30/h5-6,15,18-19,22,28-29,31H,7-14H2,1-4H3/b27-17-. The average Bonchev–Trinajstić information content (AvgIpc) is 2.73. The molecule has 1 aromatic carbocycles. The van der Waals surface area contributed by atoms with E-state index in [2.05, 4.69) is 5.16 Å². The van der Waals surface area contributed by atoms with Crippen molar-refractivity contribution in [3.63, 3.8) is 0 Å². The van der Waals surface area contributed by atoms with E-state index in [-0.39, 0.29) is 66.4 Å². The van der Waals surface area contributed by atoms with Gasteiger partial charge < -0.3 is 20.2 Å². The number of aliphatic hydroxyl groups excluding tert-OH is 2. The zero-order chi connectivity index (χ0) is 25.4. The maximum atomic E-state index is 13.0. The molecule has 8 nitrogen and oxygen atoms in total. The van der Waals surface area contributed by atoms with Crippen molar-refractivity contribution in [1.29, 1.82) is 0 Å². The Labute approximate surface area is 201 Å². The first kappa shape index (κ1) is 27.7. The molecule has 34 heavy (non-hydrogen) atoms. The third-order valence-electron chi connectivity index (χ3n) is 6.27. The second-order valence-corrected chi connectivity index (χ2v) is 9.69. The Hall–Kier alpha value is -2.58. The molecule has 0 bridgehead atoms. The number of nitrogens with zero attached hydrogens (tertiary/aromatic N) is 1. The highest BCUT2D eigenvalue weighted by atomic mass is 16.6. The fraction of sp³-hybridized carbons (Fsp3) is 0.615. The smallest absolute Gasteiger partial charge is 0.167 e. The van der Waals surface area contributed by atoms with Gasteiger partial charge in [0.1, 0.15) is 23.9 Å². The number of phenolic OH excluding ortho intramolecular Hbond substituents is 1. The maximum Gasteiger partial charge on any atom is 0.167 e. The van der Waals surface area contributed by atoms with Crippen molar-refractivity contribution in [3.8, 4) is 5.75 Å². The van der Waals surface area contributed by atoms with E-state index in [0.717, 1.165) is 5.56 Å². The summed E-state index contributed by atoms with van der Waals surface area (Å²) in [6, 6.07) is 3.21. The molecule has 1 aliphatic rings. The number of phenols is 1. The number of ketones is 3. The van der Waals surface area contributed by atoms with E-state index in [1.54, 1.807) is 13.0 Å². The molecule has 0 amide bonds. The molecule has 3 unspecified atom stereocenters. The highest BCUT2D eigenvalue weighted by molar-refractivity contribution is 6.07. The van der Waals surface area contributed by atoms with Crippen LogP contribution in [0.5, 0.6) is 5.75 Å². The molecule has 0 saturated carbocycles. The van der Waals surface area contributed by atoms with Crippen LogP contribution in [-0.4, -0.2) is 58.2 Å². The van der Waals surface area contributed by atoms with Gasteiger partial charge in [0.05, 0.1) is 24.3 Å². The number of rotatable bonds is 13. The zero-order valence-electron chi connectivity index (χ0n) is 20.5. The van der Waals surface area contributed by atoms with E-state index in [1.807, 2.05) is 13.8 Å². The third-order valence-corrected chi connectivity index (χ3v) is 6.27. The quantitative estimate of drug-likeness (QED) is 0.227. The summed E-state index contributed by atoms with van der Waals surface area (Å²) < 4.78 is 0. The molecule has 188 valence electrons. The van der Waals surface area contributed by atoms with Gasteiger partial charge >= 0.3 is 0 Å². The van der Waals surface area contributed by atoms with Gasteiger partial charge in [0.2, 0.25) is 0 Å². The molecule has 3 atom stereocenters. The van der Waals surface area contributed by atoms with Crippen LogP contribution in [0.4, 0.5) is 0 Å². The number of aromatic hydroxyl groups is 1. The minimum Gasteiger partial charge on any atom is -0.507 e. The minimum absolute atomic E-state index is 0.0742. The van der Waals surface area contributed by atoms with Crippen LogP contribution in [0.2, 0.25) is 0 Å². The van der Waals surface area contributed by atoms with E-state index < -0.39 is 12.5 Å². The first-order chi connectivity index (χ1) is 16.1. The Morgan fingerprint density at radius 1 is 1.18 bits per heavy atom. The number of Topliss-reactive ketones (excluding diaryl/α,β-unsaturated/α-hetero) is 3. The van der Waals surface area contributed by atoms with Crippen LogP contribution in [0.3, 0.4) is 0 Å². The lowest BCUT2D eigenvalue weighted by Gasteiger charge is -2.31. The van der Waals surface area contributed by atoms with E-state index in [1.165, 1.54) is 13.0 Å². The van der Waals surface area contributed by atoms with Gasteiger partial charge in [0.25, 0.3) is 0 Å². The number of aliphatic hydroxyl groups is 2. The van der Waals surface area contributed by atoms with Gasteiger partial charge in [-0.15, -0.1) is 0 Å². The van der Waals surface area contributed by atoms with Crippen LogP contribution in [-0.2, 0) is 20.8 Å². The summed E-state index contributed by atoms with van der Waals surface area (Å²) in [7, 11) is 0. The van der Waals surface area contributed by atoms with Crippen molar-refractivity contribution in [2.75, 3.05) is 19.8 Å². The van der Waals surface area contributed by atoms with Crippen LogP contribution in [0.25, 0.3) is 0 Å². The lowest BCUT2D eigenvalue weighted by Crippen LogP contribution is -2.32. The van der Waals surface area contributed by atoms with Gasteiger partial charge in [0, 0.05) is 24.5 Å². The molecule has 0 saturated heterocycles. The summed E-state index contributed by atoms with van der Waals surface area (Å²) in [5.41, 5.74) is 2.30. The van der Waals surface area contributed by atoms with Gasteiger partial charge in [-0.25, -0.2) is 0 Å². The largest absolute Gasteiger partial charge is 0.507 e. The molecule has 0 radical (unpaired) electrons. The number of carbonyl (C=O) groups is 3. The minimum atomic E-state index is -0.774. The first-order valence-electron chi connectivity index (χ1n) is 11.9. The molecule has 1 aromatic rings. The average molecular weight is 476 g/mol. The predicted molar refractivity (Wildman–Crippen MR) is 128 cm³/mol. The van der Waals surface area contributed by atoms with Crippen molar-refractivity contribution in [1.82, 2.24) is 0 Å². The predicted octanol–water partition coefficient (Wildman–Crippen LogP) is 3.08. The topological polar surface area (TPSA) is 133 Å². The van der Waals surface area contributed by atoms with Crippen LogP contribution >= 0.6 is 0 Å². The molecule has 0 aliphatic heterocycles. The summed E-state index contributed by atoms with van der Waals surface area (Å²) >= 11 is 0. The number of oxime groups is 1. The van der Waals surface area contributed by atoms with Crippen molar-refractivity contribution >= 4 is 23.1 Å². The van der Waals surface area contributed by atoms with Crippen molar-refractivity contribution < 1.29 is 34.5 Å². The monoisotopic (exact) mass is 475 g/mol. The van der Waals surface area contributed by atoms with Crippen molar-refractivity contribution in [2.24, 2.45) is 28.8 Å². The first-order valence-corrected chi connectivity index (χ1v) is 11.9. The highest BCUT2D eigenvalue weighted by Gasteiger charge is 2.35. The van der Waals surface area contributed by atoms with Crippen molar-refractivity contribution in [3.05, 3.63) is 28.8 Å². The van der Waals surface area contributed by atoms with Gasteiger partial charge in [-0.3, -0.25) is 14.4 Å². The number of benzene rings is 1. The van der Waals surface area contributed by atoms with Gasteiger partial charge in [-0.05, 0) is 68.6 Å². The molecule has 0 aromatic heterocycles. The second kappa shape index (κ2) is 12.8. The van der Waals surface area contributed by atoms with E-state index in [0.29, 0.717) is 36.6 Å². The molecule has 3 N–H and O–H groups in total. The van der Waals surface area contributed by atoms with Crippen molar-refractivity contribution in [2.45, 2.75) is 59.8 Å². The SMILES string of the molecule is CC(=O)CC(=O)C(CO)C(CCO)CC1CC(=O)c2c(O)ccc(/C(C)=N\OCC(C)C)c2C1. The number of fused-ring (bicyclic) bond motifs is 1. The molecular formula is C26H37NO7.